The van der Waals surface area contributed by atoms with E-state index in [0.29, 0.717) is 5.56 Å². The summed E-state index contributed by atoms with van der Waals surface area (Å²) in [5.74, 6) is -0.607. The predicted octanol–water partition coefficient (Wildman–Crippen LogP) is 0.574. The van der Waals surface area contributed by atoms with Crippen LogP contribution < -0.4 is 0 Å². The number of methoxy groups -OCH3 is 1. The van der Waals surface area contributed by atoms with Gasteiger partial charge in [-0.25, -0.2) is 0 Å². The Kier molecular flexibility index (Phi) is 4.21. The fourth-order valence-electron chi connectivity index (χ4n) is 2.27. The molecule has 0 aliphatic carbocycles. The topological polar surface area (TPSA) is 79.2 Å². The van der Waals surface area contributed by atoms with E-state index < -0.39 is 30.5 Å². The summed E-state index contributed by atoms with van der Waals surface area (Å²) in [6, 6.07) is 8.87. The van der Waals surface area contributed by atoms with E-state index in [1.807, 2.05) is 6.07 Å². The number of hydrogen-bond donors (Lipinski definition) is 3. The van der Waals surface area contributed by atoms with Crippen molar-refractivity contribution in [2.24, 2.45) is 5.92 Å². The summed E-state index contributed by atoms with van der Waals surface area (Å²) < 4.78 is 10.2. The van der Waals surface area contributed by atoms with Gasteiger partial charge in [-0.05, 0) is 5.56 Å². The van der Waals surface area contributed by atoms with Crippen molar-refractivity contribution in [1.82, 2.24) is 0 Å². The average Bonchev–Trinajstić information content (AvgIpc) is 2.43. The molecule has 1 aliphatic heterocycles. The van der Waals surface area contributed by atoms with Crippen LogP contribution in [0.25, 0.3) is 0 Å². The van der Waals surface area contributed by atoms with Gasteiger partial charge in [-0.15, -0.1) is 0 Å². The first kappa shape index (κ1) is 14.0. The van der Waals surface area contributed by atoms with Crippen LogP contribution in [0.15, 0.2) is 42.7 Å². The summed E-state index contributed by atoms with van der Waals surface area (Å²) in [5.41, 5.74) is 0.624. The number of hydrogen-bond acceptors (Lipinski definition) is 5. The molecule has 104 valence electrons. The van der Waals surface area contributed by atoms with E-state index in [-0.39, 0.29) is 5.76 Å². The fraction of sp³-hybridized carbons (Fsp3) is 0.429. The third kappa shape index (κ3) is 2.64. The molecule has 1 aromatic rings. The molecule has 0 spiro atoms. The largest absolute Gasteiger partial charge is 0.466 e. The van der Waals surface area contributed by atoms with E-state index in [1.165, 1.54) is 7.11 Å². The van der Waals surface area contributed by atoms with Gasteiger partial charge in [-0.1, -0.05) is 36.9 Å². The third-order valence-electron chi connectivity index (χ3n) is 3.35. The molecule has 1 aliphatic rings. The fourth-order valence-corrected chi connectivity index (χ4v) is 2.27. The standard InChI is InChI=1S/C14H18O5/c1-8-10(11(15)9-6-4-3-5-7-9)12(16)13(17)14(18-2)19-8/h3-7,10-17H,1H2,2H3/t10-,11+,12-,13+,14-/m0/s1. The molecule has 1 heterocycles. The Balaban J connectivity index is 2.22. The lowest BCUT2D eigenvalue weighted by atomic mass is 9.85. The maximum atomic E-state index is 10.3. The lowest BCUT2D eigenvalue weighted by Crippen LogP contribution is -2.51. The van der Waals surface area contributed by atoms with E-state index in [2.05, 4.69) is 6.58 Å². The van der Waals surface area contributed by atoms with Crippen LogP contribution in [0.1, 0.15) is 11.7 Å². The smallest absolute Gasteiger partial charge is 0.227 e. The Hall–Kier alpha value is -1.40. The van der Waals surface area contributed by atoms with E-state index in [4.69, 9.17) is 9.47 Å². The van der Waals surface area contributed by atoms with Crippen molar-refractivity contribution in [3.63, 3.8) is 0 Å². The lowest BCUT2D eigenvalue weighted by Gasteiger charge is -2.40. The minimum Gasteiger partial charge on any atom is -0.466 e. The Morgan fingerprint density at radius 1 is 1.21 bits per heavy atom. The second-order valence-electron chi connectivity index (χ2n) is 4.55. The van der Waals surface area contributed by atoms with Gasteiger partial charge >= 0.3 is 0 Å². The van der Waals surface area contributed by atoms with Crippen molar-refractivity contribution in [2.75, 3.05) is 7.11 Å². The van der Waals surface area contributed by atoms with Crippen LogP contribution in [0.5, 0.6) is 0 Å². The molecular formula is C14H18O5. The number of benzene rings is 1. The van der Waals surface area contributed by atoms with Crippen LogP contribution >= 0.6 is 0 Å². The quantitative estimate of drug-likeness (QED) is 0.745. The molecule has 0 radical (unpaired) electrons. The maximum Gasteiger partial charge on any atom is 0.227 e. The molecular weight excluding hydrogens is 248 g/mol. The molecule has 5 nitrogen and oxygen atoms in total. The molecule has 0 saturated carbocycles. The van der Waals surface area contributed by atoms with Crippen LogP contribution in [-0.4, -0.2) is 40.9 Å². The highest BCUT2D eigenvalue weighted by Gasteiger charge is 2.45. The number of rotatable bonds is 3. The van der Waals surface area contributed by atoms with Gasteiger partial charge in [0.05, 0.1) is 18.1 Å². The second-order valence-corrected chi connectivity index (χ2v) is 4.55. The van der Waals surface area contributed by atoms with Crippen LogP contribution in [0.2, 0.25) is 0 Å². The first-order valence-electron chi connectivity index (χ1n) is 6.03. The zero-order valence-electron chi connectivity index (χ0n) is 10.6. The van der Waals surface area contributed by atoms with Gasteiger partial charge in [0.25, 0.3) is 0 Å². The van der Waals surface area contributed by atoms with Crippen molar-refractivity contribution < 1.29 is 24.8 Å². The van der Waals surface area contributed by atoms with Gasteiger partial charge in [-0.2, -0.15) is 0 Å². The van der Waals surface area contributed by atoms with Gasteiger partial charge in [0.15, 0.2) is 0 Å². The molecule has 1 aromatic carbocycles. The third-order valence-corrected chi connectivity index (χ3v) is 3.35. The highest BCUT2D eigenvalue weighted by molar-refractivity contribution is 5.21. The maximum absolute atomic E-state index is 10.3. The molecule has 19 heavy (non-hydrogen) atoms. The zero-order valence-corrected chi connectivity index (χ0v) is 10.6. The predicted molar refractivity (Wildman–Crippen MR) is 67.9 cm³/mol. The molecule has 0 bridgehead atoms. The van der Waals surface area contributed by atoms with Crippen LogP contribution in [0.4, 0.5) is 0 Å². The van der Waals surface area contributed by atoms with Gasteiger partial charge in [0, 0.05) is 7.11 Å². The van der Waals surface area contributed by atoms with Crippen LogP contribution in [0, 0.1) is 5.92 Å². The van der Waals surface area contributed by atoms with Gasteiger partial charge in [-0.3, -0.25) is 0 Å². The highest BCUT2D eigenvalue weighted by Crippen LogP contribution is 2.37. The summed E-state index contributed by atoms with van der Waals surface area (Å²) >= 11 is 0. The molecule has 2 rings (SSSR count). The highest BCUT2D eigenvalue weighted by atomic mass is 16.7. The molecule has 0 aromatic heterocycles. The van der Waals surface area contributed by atoms with Gasteiger partial charge < -0.3 is 24.8 Å². The van der Waals surface area contributed by atoms with Crippen molar-refractivity contribution in [3.05, 3.63) is 48.2 Å². The molecule has 1 fully saturated rings. The zero-order chi connectivity index (χ0) is 14.0. The summed E-state index contributed by atoms with van der Waals surface area (Å²) in [6.45, 7) is 3.69. The number of aliphatic hydroxyl groups excluding tert-OH is 3. The van der Waals surface area contributed by atoms with E-state index >= 15 is 0 Å². The SMILES string of the molecule is C=C1O[C@H](OC)[C@H](O)[C@@H](O)[C@@H]1[C@H](O)c1ccccc1. The van der Waals surface area contributed by atoms with E-state index in [0.717, 1.165) is 0 Å². The van der Waals surface area contributed by atoms with Crippen molar-refractivity contribution >= 4 is 0 Å². The number of ether oxygens (including phenoxy) is 2. The molecule has 0 amide bonds. The van der Waals surface area contributed by atoms with Gasteiger partial charge in [0.1, 0.15) is 11.9 Å². The van der Waals surface area contributed by atoms with Crippen molar-refractivity contribution in [2.45, 2.75) is 24.6 Å². The minimum atomic E-state index is -1.24. The monoisotopic (exact) mass is 266 g/mol. The average molecular weight is 266 g/mol. The number of aliphatic hydroxyl groups is 3. The van der Waals surface area contributed by atoms with Crippen molar-refractivity contribution in [1.29, 1.82) is 0 Å². The minimum absolute atomic E-state index is 0.195. The Bertz CT molecular complexity index is 433. The summed E-state index contributed by atoms with van der Waals surface area (Å²) in [5, 5.41) is 30.3. The normalized spacial score (nSPS) is 32.7. The molecule has 5 heteroatoms. The lowest BCUT2D eigenvalue weighted by molar-refractivity contribution is -0.234. The molecule has 1 saturated heterocycles. The molecule has 5 atom stereocenters. The Morgan fingerprint density at radius 3 is 2.42 bits per heavy atom. The Labute approximate surface area is 111 Å². The van der Waals surface area contributed by atoms with E-state index in [9.17, 15) is 15.3 Å². The second kappa shape index (κ2) is 5.71. The van der Waals surface area contributed by atoms with E-state index in [1.54, 1.807) is 24.3 Å². The Morgan fingerprint density at radius 2 is 1.84 bits per heavy atom. The van der Waals surface area contributed by atoms with Crippen molar-refractivity contribution in [3.8, 4) is 0 Å². The molecule has 0 unspecified atom stereocenters. The van der Waals surface area contributed by atoms with Gasteiger partial charge in [0.2, 0.25) is 6.29 Å². The van der Waals surface area contributed by atoms with Crippen LogP contribution in [0.3, 0.4) is 0 Å². The molecule has 3 N–H and O–H groups in total. The van der Waals surface area contributed by atoms with Crippen LogP contribution in [-0.2, 0) is 9.47 Å². The summed E-state index contributed by atoms with van der Waals surface area (Å²) in [4.78, 5) is 0. The summed E-state index contributed by atoms with van der Waals surface area (Å²) in [7, 11) is 1.36. The first-order chi connectivity index (χ1) is 9.06. The summed E-state index contributed by atoms with van der Waals surface area (Å²) in [6.07, 6.45) is -4.42. The first-order valence-corrected chi connectivity index (χ1v) is 6.03.